The Bertz CT molecular complexity index is 249. The lowest BCUT2D eigenvalue weighted by Crippen LogP contribution is -2.44. The minimum absolute atomic E-state index is 0.0147. The maximum atomic E-state index is 12.0. The lowest BCUT2D eigenvalue weighted by Gasteiger charge is -2.31. The zero-order valence-corrected chi connectivity index (χ0v) is 11.0. The molecule has 1 amide bonds. The molecular weight excluding hydrogens is 204 g/mol. The largest absolute Gasteiger partial charge is 0.370 e. The first-order chi connectivity index (χ1) is 7.27. The Balaban J connectivity index is 4.62. The molecule has 0 aromatic rings. The minimum Gasteiger partial charge on any atom is -0.370 e. The van der Waals surface area contributed by atoms with E-state index in [2.05, 4.69) is 0 Å². The number of primary amides is 1. The van der Waals surface area contributed by atoms with Crippen LogP contribution in [0, 0.1) is 5.92 Å². The topological polar surface area (TPSA) is 63.4 Å². The average Bonchev–Trinajstić information content (AvgIpc) is 2.16. The molecule has 94 valence electrons. The molecule has 0 unspecified atom stereocenters. The molecule has 0 aromatic heterocycles. The van der Waals surface area contributed by atoms with Gasteiger partial charge in [0.05, 0.1) is 6.04 Å². The number of carbonyl (C=O) groups excluding carboxylic acids is 2. The fraction of sp³-hybridized carbons (Fsp3) is 0.833. The summed E-state index contributed by atoms with van der Waals surface area (Å²) in [6, 6.07) is 0.0769. The lowest BCUT2D eigenvalue weighted by molar-refractivity contribution is -0.128. The number of Topliss-reactive ketones (excluding diaryl/α,β-unsaturated/α-hetero) is 1. The smallest absolute Gasteiger partial charge is 0.217 e. The summed E-state index contributed by atoms with van der Waals surface area (Å²) in [6.07, 6.45) is 0.779. The van der Waals surface area contributed by atoms with Crippen molar-refractivity contribution >= 4 is 11.7 Å². The quantitative estimate of drug-likeness (QED) is 0.712. The van der Waals surface area contributed by atoms with Crippen molar-refractivity contribution in [2.24, 2.45) is 11.7 Å². The van der Waals surface area contributed by atoms with Crippen molar-refractivity contribution in [1.82, 2.24) is 4.90 Å². The van der Waals surface area contributed by atoms with E-state index in [9.17, 15) is 9.59 Å². The van der Waals surface area contributed by atoms with Gasteiger partial charge >= 0.3 is 0 Å². The number of carbonyl (C=O) groups is 2. The summed E-state index contributed by atoms with van der Waals surface area (Å²) in [5.41, 5.74) is 5.12. The fourth-order valence-electron chi connectivity index (χ4n) is 1.57. The van der Waals surface area contributed by atoms with E-state index in [1.54, 1.807) is 0 Å². The van der Waals surface area contributed by atoms with Gasteiger partial charge in [-0.3, -0.25) is 14.5 Å². The van der Waals surface area contributed by atoms with Gasteiger partial charge in [-0.05, 0) is 27.3 Å². The number of ketones is 1. The predicted octanol–water partition coefficient (Wildman–Crippen LogP) is 1.19. The maximum absolute atomic E-state index is 12.0. The molecule has 16 heavy (non-hydrogen) atoms. The summed E-state index contributed by atoms with van der Waals surface area (Å²) in [4.78, 5) is 24.8. The van der Waals surface area contributed by atoms with Gasteiger partial charge in [0.15, 0.2) is 5.78 Å². The molecule has 0 aliphatic carbocycles. The molecule has 0 fully saturated rings. The second-order valence-corrected chi connectivity index (χ2v) is 4.84. The van der Waals surface area contributed by atoms with Crippen LogP contribution in [-0.2, 0) is 9.59 Å². The van der Waals surface area contributed by atoms with Gasteiger partial charge in [0.25, 0.3) is 0 Å². The van der Waals surface area contributed by atoms with Gasteiger partial charge in [0.2, 0.25) is 5.91 Å². The molecule has 4 nitrogen and oxygen atoms in total. The van der Waals surface area contributed by atoms with Crippen molar-refractivity contribution in [3.05, 3.63) is 0 Å². The molecule has 2 N–H and O–H groups in total. The van der Waals surface area contributed by atoms with E-state index in [4.69, 9.17) is 5.73 Å². The van der Waals surface area contributed by atoms with E-state index in [0.717, 1.165) is 0 Å². The van der Waals surface area contributed by atoms with E-state index in [0.29, 0.717) is 6.42 Å². The first-order valence-corrected chi connectivity index (χ1v) is 5.81. The van der Waals surface area contributed by atoms with E-state index < -0.39 is 0 Å². The van der Waals surface area contributed by atoms with Crippen LogP contribution in [0.25, 0.3) is 0 Å². The highest BCUT2D eigenvalue weighted by molar-refractivity contribution is 5.86. The van der Waals surface area contributed by atoms with Gasteiger partial charge in [0.1, 0.15) is 0 Å². The first kappa shape index (κ1) is 15.1. The highest BCUT2D eigenvalue weighted by Gasteiger charge is 2.26. The summed E-state index contributed by atoms with van der Waals surface area (Å²) in [5.74, 6) is -0.185. The van der Waals surface area contributed by atoms with Crippen molar-refractivity contribution in [3.63, 3.8) is 0 Å². The monoisotopic (exact) mass is 228 g/mol. The Kier molecular flexibility index (Phi) is 6.26. The first-order valence-electron chi connectivity index (χ1n) is 5.81. The van der Waals surface area contributed by atoms with Gasteiger partial charge < -0.3 is 5.73 Å². The summed E-state index contributed by atoms with van der Waals surface area (Å²) >= 11 is 0. The SMILES string of the molecule is CC(C)C(=O)[C@H](CCC(N)=O)N(C)C(C)C. The number of nitrogens with two attached hydrogens (primary N) is 1. The van der Waals surface area contributed by atoms with Crippen molar-refractivity contribution < 1.29 is 9.59 Å². The number of nitrogens with zero attached hydrogens (tertiary/aromatic N) is 1. The summed E-state index contributed by atoms with van der Waals surface area (Å²) in [7, 11) is 1.91. The van der Waals surface area contributed by atoms with Gasteiger partial charge in [-0.15, -0.1) is 0 Å². The van der Waals surface area contributed by atoms with Gasteiger partial charge in [0, 0.05) is 18.4 Å². The Morgan fingerprint density at radius 3 is 2.00 bits per heavy atom. The van der Waals surface area contributed by atoms with Crippen molar-refractivity contribution in [3.8, 4) is 0 Å². The molecule has 0 rings (SSSR count). The van der Waals surface area contributed by atoms with Gasteiger partial charge in [-0.25, -0.2) is 0 Å². The number of hydrogen-bond donors (Lipinski definition) is 1. The molecule has 0 spiro atoms. The van der Waals surface area contributed by atoms with Crippen LogP contribution in [0.15, 0.2) is 0 Å². The van der Waals surface area contributed by atoms with Crippen LogP contribution >= 0.6 is 0 Å². The van der Waals surface area contributed by atoms with Crippen molar-refractivity contribution in [2.75, 3.05) is 7.05 Å². The van der Waals surface area contributed by atoms with Crippen LogP contribution in [0.1, 0.15) is 40.5 Å². The van der Waals surface area contributed by atoms with Crippen LogP contribution in [0.2, 0.25) is 0 Å². The second-order valence-electron chi connectivity index (χ2n) is 4.84. The van der Waals surface area contributed by atoms with Crippen molar-refractivity contribution in [2.45, 2.75) is 52.6 Å². The predicted molar refractivity (Wildman–Crippen MR) is 65.0 cm³/mol. The van der Waals surface area contributed by atoms with E-state index in [1.165, 1.54) is 0 Å². The molecule has 0 aliphatic heterocycles. The Morgan fingerprint density at radius 1 is 1.19 bits per heavy atom. The fourth-order valence-corrected chi connectivity index (χ4v) is 1.57. The third-order valence-electron chi connectivity index (χ3n) is 2.87. The Labute approximate surface area is 98.2 Å². The summed E-state index contributed by atoms with van der Waals surface area (Å²) in [6.45, 7) is 7.83. The summed E-state index contributed by atoms with van der Waals surface area (Å²) < 4.78 is 0. The normalized spacial score (nSPS) is 13.5. The third-order valence-corrected chi connectivity index (χ3v) is 2.87. The molecule has 4 heteroatoms. The Hall–Kier alpha value is -0.900. The minimum atomic E-state index is -0.348. The molecular formula is C12H24N2O2. The molecule has 0 saturated heterocycles. The van der Waals surface area contributed by atoms with Gasteiger partial charge in [-0.1, -0.05) is 13.8 Å². The van der Waals surface area contributed by atoms with E-state index >= 15 is 0 Å². The van der Waals surface area contributed by atoms with Crippen LogP contribution in [0.5, 0.6) is 0 Å². The van der Waals surface area contributed by atoms with Crippen LogP contribution < -0.4 is 5.73 Å². The number of amides is 1. The zero-order chi connectivity index (χ0) is 12.9. The molecule has 0 bridgehead atoms. The lowest BCUT2D eigenvalue weighted by atomic mass is 9.96. The van der Waals surface area contributed by atoms with Gasteiger partial charge in [-0.2, -0.15) is 0 Å². The molecule has 0 aromatic carbocycles. The standard InChI is InChI=1S/C12H24N2O2/c1-8(2)12(16)10(6-7-11(13)15)14(5)9(3)4/h8-10H,6-7H2,1-5H3,(H2,13,15)/t10-/m0/s1. The molecule has 0 radical (unpaired) electrons. The second kappa shape index (κ2) is 6.63. The van der Waals surface area contributed by atoms with Crippen LogP contribution in [-0.4, -0.2) is 35.7 Å². The third kappa shape index (κ3) is 4.75. The van der Waals surface area contributed by atoms with E-state index in [1.807, 2.05) is 39.6 Å². The van der Waals surface area contributed by atoms with Crippen LogP contribution in [0.4, 0.5) is 0 Å². The molecule has 0 saturated carbocycles. The number of rotatable bonds is 7. The van der Waals surface area contributed by atoms with E-state index in [-0.39, 0.29) is 36.1 Å². The number of likely N-dealkylation sites (N-methyl/N-ethyl adjacent to an activating group) is 1. The average molecular weight is 228 g/mol. The highest BCUT2D eigenvalue weighted by Crippen LogP contribution is 2.14. The zero-order valence-electron chi connectivity index (χ0n) is 11.0. The molecule has 1 atom stereocenters. The molecule has 0 aliphatic rings. The van der Waals surface area contributed by atoms with Crippen LogP contribution in [0.3, 0.4) is 0 Å². The highest BCUT2D eigenvalue weighted by atomic mass is 16.1. The number of hydrogen-bond acceptors (Lipinski definition) is 3. The molecule has 0 heterocycles. The van der Waals surface area contributed by atoms with Crippen molar-refractivity contribution in [1.29, 1.82) is 0 Å². The maximum Gasteiger partial charge on any atom is 0.217 e. The summed E-state index contributed by atoms with van der Waals surface area (Å²) in [5, 5.41) is 0. The Morgan fingerprint density at radius 2 is 1.69 bits per heavy atom.